The van der Waals surface area contributed by atoms with Crippen molar-refractivity contribution in [2.24, 2.45) is 5.73 Å². The summed E-state index contributed by atoms with van der Waals surface area (Å²) in [5.74, 6) is -2.08. The first kappa shape index (κ1) is 15.1. The van der Waals surface area contributed by atoms with E-state index in [4.69, 9.17) is 10.8 Å². The SMILES string of the molecule is CC(C)(N)CCn1c(C(=O)O)cc2ccc(C(=O)O)cc21. The van der Waals surface area contributed by atoms with Gasteiger partial charge in [-0.25, -0.2) is 9.59 Å². The molecule has 1 heterocycles. The first-order chi connectivity index (χ1) is 9.69. The number of rotatable bonds is 5. The fourth-order valence-electron chi connectivity index (χ4n) is 2.21. The highest BCUT2D eigenvalue weighted by Crippen LogP contribution is 2.23. The summed E-state index contributed by atoms with van der Waals surface area (Å²) in [4.78, 5) is 22.4. The van der Waals surface area contributed by atoms with E-state index >= 15 is 0 Å². The molecule has 0 atom stereocenters. The zero-order valence-corrected chi connectivity index (χ0v) is 12.0. The second kappa shape index (κ2) is 5.21. The van der Waals surface area contributed by atoms with Crippen LogP contribution in [0.15, 0.2) is 24.3 Å². The van der Waals surface area contributed by atoms with Crippen molar-refractivity contribution in [2.75, 3.05) is 0 Å². The minimum atomic E-state index is -1.04. The molecule has 4 N–H and O–H groups in total. The van der Waals surface area contributed by atoms with Gasteiger partial charge in [-0.05, 0) is 38.5 Å². The minimum absolute atomic E-state index is 0.130. The van der Waals surface area contributed by atoms with Crippen LogP contribution < -0.4 is 5.73 Å². The fraction of sp³-hybridized carbons (Fsp3) is 0.333. The molecule has 6 heteroatoms. The second-order valence-corrected chi connectivity index (χ2v) is 5.80. The Morgan fingerprint density at radius 1 is 1.19 bits per heavy atom. The van der Waals surface area contributed by atoms with E-state index in [2.05, 4.69) is 0 Å². The standard InChI is InChI=1S/C15H18N2O4/c1-15(2,16)5-6-17-11-8-10(13(18)19)4-3-9(11)7-12(17)14(20)21/h3-4,7-8H,5-6,16H2,1-2H3,(H,18,19)(H,20,21). The Labute approximate surface area is 121 Å². The van der Waals surface area contributed by atoms with Gasteiger partial charge >= 0.3 is 11.9 Å². The summed E-state index contributed by atoms with van der Waals surface area (Å²) in [5, 5.41) is 19.1. The quantitative estimate of drug-likeness (QED) is 0.782. The van der Waals surface area contributed by atoms with Crippen LogP contribution in [0.2, 0.25) is 0 Å². The maximum Gasteiger partial charge on any atom is 0.352 e. The molecule has 1 aromatic heterocycles. The Kier molecular flexibility index (Phi) is 3.74. The predicted molar refractivity (Wildman–Crippen MR) is 78.7 cm³/mol. The first-order valence-electron chi connectivity index (χ1n) is 6.58. The molecular weight excluding hydrogens is 272 g/mol. The molecule has 2 rings (SSSR count). The van der Waals surface area contributed by atoms with Gasteiger partial charge in [-0.2, -0.15) is 0 Å². The number of benzene rings is 1. The number of aryl methyl sites for hydroxylation is 1. The van der Waals surface area contributed by atoms with Gasteiger partial charge in [0, 0.05) is 23.0 Å². The molecule has 0 aliphatic heterocycles. The van der Waals surface area contributed by atoms with Crippen LogP contribution in [0, 0.1) is 0 Å². The van der Waals surface area contributed by atoms with Crippen molar-refractivity contribution in [3.05, 3.63) is 35.5 Å². The smallest absolute Gasteiger partial charge is 0.352 e. The van der Waals surface area contributed by atoms with Gasteiger partial charge in [0.2, 0.25) is 0 Å². The molecule has 6 nitrogen and oxygen atoms in total. The maximum atomic E-state index is 11.4. The van der Waals surface area contributed by atoms with Gasteiger partial charge in [0.1, 0.15) is 5.69 Å². The fourth-order valence-corrected chi connectivity index (χ4v) is 2.21. The highest BCUT2D eigenvalue weighted by molar-refractivity contribution is 5.98. The van der Waals surface area contributed by atoms with Crippen molar-refractivity contribution in [2.45, 2.75) is 32.4 Å². The molecule has 1 aromatic carbocycles. The number of hydrogen-bond acceptors (Lipinski definition) is 3. The second-order valence-electron chi connectivity index (χ2n) is 5.80. The van der Waals surface area contributed by atoms with E-state index < -0.39 is 17.5 Å². The van der Waals surface area contributed by atoms with Gasteiger partial charge in [0.15, 0.2) is 0 Å². The summed E-state index contributed by atoms with van der Waals surface area (Å²) in [7, 11) is 0. The Balaban J connectivity index is 2.56. The van der Waals surface area contributed by atoms with Crippen LogP contribution in [0.4, 0.5) is 0 Å². The average Bonchev–Trinajstić information content (AvgIpc) is 2.73. The third-order valence-corrected chi connectivity index (χ3v) is 3.35. The first-order valence-corrected chi connectivity index (χ1v) is 6.58. The summed E-state index contributed by atoms with van der Waals surface area (Å²) in [5.41, 5.74) is 6.37. The number of carboxylic acids is 2. The number of nitrogens with zero attached hydrogens (tertiary/aromatic N) is 1. The van der Waals surface area contributed by atoms with Crippen LogP contribution in [-0.4, -0.2) is 32.3 Å². The molecule has 0 unspecified atom stereocenters. The zero-order valence-electron chi connectivity index (χ0n) is 12.0. The summed E-state index contributed by atoms with van der Waals surface area (Å²) in [6.07, 6.45) is 0.578. The van der Waals surface area contributed by atoms with E-state index in [1.807, 2.05) is 13.8 Å². The van der Waals surface area contributed by atoms with Crippen molar-refractivity contribution >= 4 is 22.8 Å². The molecule has 112 valence electrons. The molecule has 0 bridgehead atoms. The molecule has 0 saturated carbocycles. The van der Waals surface area contributed by atoms with Crippen molar-refractivity contribution in [1.82, 2.24) is 4.57 Å². The largest absolute Gasteiger partial charge is 0.478 e. The van der Waals surface area contributed by atoms with Gasteiger partial charge in [0.25, 0.3) is 0 Å². The maximum absolute atomic E-state index is 11.4. The number of carboxylic acid groups (broad SMARTS) is 2. The average molecular weight is 290 g/mol. The van der Waals surface area contributed by atoms with Gasteiger partial charge in [-0.3, -0.25) is 0 Å². The predicted octanol–water partition coefficient (Wildman–Crippen LogP) is 2.17. The molecule has 0 amide bonds. The van der Waals surface area contributed by atoms with E-state index in [1.54, 1.807) is 16.7 Å². The normalized spacial score (nSPS) is 11.8. The minimum Gasteiger partial charge on any atom is -0.478 e. The Bertz CT molecular complexity index is 710. The molecule has 0 saturated heterocycles. The topological polar surface area (TPSA) is 106 Å². The van der Waals surface area contributed by atoms with Crippen LogP contribution in [0.3, 0.4) is 0 Å². The van der Waals surface area contributed by atoms with E-state index in [0.717, 1.165) is 0 Å². The summed E-state index contributed by atoms with van der Waals surface area (Å²) >= 11 is 0. The van der Waals surface area contributed by atoms with Gasteiger partial charge < -0.3 is 20.5 Å². The molecule has 21 heavy (non-hydrogen) atoms. The van der Waals surface area contributed by atoms with Crippen molar-refractivity contribution in [3.8, 4) is 0 Å². The third kappa shape index (κ3) is 3.22. The zero-order chi connectivity index (χ0) is 15.8. The van der Waals surface area contributed by atoms with Crippen LogP contribution >= 0.6 is 0 Å². The number of aromatic carboxylic acids is 2. The van der Waals surface area contributed by atoms with Crippen LogP contribution in [0.1, 0.15) is 41.1 Å². The molecule has 0 spiro atoms. The van der Waals surface area contributed by atoms with Gasteiger partial charge in [0.05, 0.1) is 5.56 Å². The molecule has 0 aliphatic carbocycles. The highest BCUT2D eigenvalue weighted by Gasteiger charge is 2.18. The Morgan fingerprint density at radius 2 is 1.86 bits per heavy atom. The third-order valence-electron chi connectivity index (χ3n) is 3.35. The Hall–Kier alpha value is -2.34. The molecular formula is C15H18N2O4. The summed E-state index contributed by atoms with van der Waals surface area (Å²) in [6.45, 7) is 4.14. The lowest BCUT2D eigenvalue weighted by Crippen LogP contribution is -2.33. The lowest BCUT2D eigenvalue weighted by molar-refractivity contribution is 0.0679. The van der Waals surface area contributed by atoms with E-state index in [1.165, 1.54) is 12.1 Å². The molecule has 0 fully saturated rings. The number of hydrogen-bond donors (Lipinski definition) is 3. The molecule has 0 aliphatic rings. The van der Waals surface area contributed by atoms with Crippen molar-refractivity contribution < 1.29 is 19.8 Å². The van der Waals surface area contributed by atoms with Crippen LogP contribution in [-0.2, 0) is 6.54 Å². The monoisotopic (exact) mass is 290 g/mol. The number of nitrogens with two attached hydrogens (primary N) is 1. The van der Waals surface area contributed by atoms with Gasteiger partial charge in [-0.1, -0.05) is 6.07 Å². The number of aromatic nitrogens is 1. The van der Waals surface area contributed by atoms with E-state index in [0.29, 0.717) is 23.9 Å². The number of carbonyl (C=O) groups is 2. The van der Waals surface area contributed by atoms with E-state index in [-0.39, 0.29) is 11.3 Å². The summed E-state index contributed by atoms with van der Waals surface area (Å²) < 4.78 is 1.61. The molecule has 0 radical (unpaired) electrons. The van der Waals surface area contributed by atoms with Crippen molar-refractivity contribution in [3.63, 3.8) is 0 Å². The number of fused-ring (bicyclic) bond motifs is 1. The Morgan fingerprint density at radius 3 is 2.38 bits per heavy atom. The lowest BCUT2D eigenvalue weighted by Gasteiger charge is -2.19. The summed E-state index contributed by atoms with van der Waals surface area (Å²) in [6, 6.07) is 6.13. The van der Waals surface area contributed by atoms with Crippen molar-refractivity contribution in [1.29, 1.82) is 0 Å². The van der Waals surface area contributed by atoms with Crippen LogP contribution in [0.25, 0.3) is 10.9 Å². The lowest BCUT2D eigenvalue weighted by atomic mass is 10.0. The highest BCUT2D eigenvalue weighted by atomic mass is 16.4. The van der Waals surface area contributed by atoms with Gasteiger partial charge in [-0.15, -0.1) is 0 Å². The molecule has 2 aromatic rings. The van der Waals surface area contributed by atoms with Crippen LogP contribution in [0.5, 0.6) is 0 Å². The van der Waals surface area contributed by atoms with E-state index in [9.17, 15) is 14.7 Å².